The van der Waals surface area contributed by atoms with E-state index in [4.69, 9.17) is 23.0 Å². The molecule has 0 aromatic rings. The standard InChI is InChI=1S/C9H11O7P/c1-2-7-8(16-9(10)15-7)3-4-12-17(11)13-5-6-14-17/h2-4,7-8H,1,5-6H2/b4-3+. The van der Waals surface area contributed by atoms with E-state index in [2.05, 4.69) is 6.58 Å². The second-order valence-electron chi connectivity index (χ2n) is 3.20. The van der Waals surface area contributed by atoms with Gasteiger partial charge in [0.05, 0.1) is 19.5 Å². The van der Waals surface area contributed by atoms with Gasteiger partial charge in [-0.05, 0) is 12.2 Å². The molecule has 0 aromatic carbocycles. The lowest BCUT2D eigenvalue weighted by Crippen LogP contribution is -2.17. The molecule has 2 aliphatic rings. The normalized spacial score (nSPS) is 31.2. The van der Waals surface area contributed by atoms with Crippen LogP contribution >= 0.6 is 7.82 Å². The molecule has 0 aromatic heterocycles. The Balaban J connectivity index is 1.90. The largest absolute Gasteiger partial charge is 0.529 e. The fourth-order valence-electron chi connectivity index (χ4n) is 1.30. The van der Waals surface area contributed by atoms with Crippen LogP contribution in [0.1, 0.15) is 0 Å². The summed E-state index contributed by atoms with van der Waals surface area (Å²) in [4.78, 5) is 10.8. The van der Waals surface area contributed by atoms with Crippen LogP contribution in [-0.4, -0.2) is 31.6 Å². The summed E-state index contributed by atoms with van der Waals surface area (Å²) in [6, 6.07) is 0. The average molecular weight is 262 g/mol. The molecule has 0 aliphatic carbocycles. The topological polar surface area (TPSA) is 80.3 Å². The molecule has 0 saturated carbocycles. The molecule has 2 fully saturated rings. The number of phosphoric ester groups is 1. The van der Waals surface area contributed by atoms with Gasteiger partial charge in [-0.3, -0.25) is 9.05 Å². The number of ether oxygens (including phenoxy) is 2. The number of rotatable bonds is 4. The highest BCUT2D eigenvalue weighted by molar-refractivity contribution is 7.48. The quantitative estimate of drug-likeness (QED) is 0.330. The molecule has 0 spiro atoms. The summed E-state index contributed by atoms with van der Waals surface area (Å²) in [5.74, 6) is 0. The van der Waals surface area contributed by atoms with Crippen LogP contribution in [0.25, 0.3) is 0 Å². The Morgan fingerprint density at radius 1 is 1.29 bits per heavy atom. The van der Waals surface area contributed by atoms with Gasteiger partial charge in [0.1, 0.15) is 0 Å². The van der Waals surface area contributed by atoms with Crippen molar-refractivity contribution < 1.29 is 32.4 Å². The molecule has 2 aliphatic heterocycles. The third-order valence-corrected chi connectivity index (χ3v) is 3.44. The molecule has 2 heterocycles. The van der Waals surface area contributed by atoms with Crippen molar-refractivity contribution in [1.82, 2.24) is 0 Å². The molecule has 8 heteroatoms. The Bertz CT molecular complexity index is 381. The number of carbonyl (C=O) groups is 1. The maximum atomic E-state index is 11.5. The first-order valence-corrected chi connectivity index (χ1v) is 6.33. The molecule has 0 N–H and O–H groups in total. The summed E-state index contributed by atoms with van der Waals surface area (Å²) >= 11 is 0. The van der Waals surface area contributed by atoms with Crippen molar-refractivity contribution in [2.45, 2.75) is 12.2 Å². The van der Waals surface area contributed by atoms with Crippen LogP contribution in [0.3, 0.4) is 0 Å². The summed E-state index contributed by atoms with van der Waals surface area (Å²) in [5.41, 5.74) is 0. The van der Waals surface area contributed by atoms with Crippen LogP contribution in [0.5, 0.6) is 0 Å². The first-order valence-electron chi connectivity index (χ1n) is 4.87. The predicted octanol–water partition coefficient (Wildman–Crippen LogP) is 1.76. The highest BCUT2D eigenvalue weighted by atomic mass is 31.2. The second-order valence-corrected chi connectivity index (χ2v) is 4.82. The summed E-state index contributed by atoms with van der Waals surface area (Å²) in [7, 11) is -3.46. The highest BCUT2D eigenvalue weighted by Gasteiger charge is 2.34. The number of hydrogen-bond acceptors (Lipinski definition) is 7. The Morgan fingerprint density at radius 3 is 2.59 bits per heavy atom. The zero-order valence-electron chi connectivity index (χ0n) is 8.81. The van der Waals surface area contributed by atoms with Gasteiger partial charge < -0.3 is 14.0 Å². The maximum absolute atomic E-state index is 11.5. The molecule has 94 valence electrons. The fourth-order valence-corrected chi connectivity index (χ4v) is 2.31. The molecular formula is C9H11O7P. The SMILES string of the molecule is C=CC1OC(=O)OC1/C=C/OP1(=O)OCCO1. The van der Waals surface area contributed by atoms with E-state index >= 15 is 0 Å². The Hall–Kier alpha value is -1.30. The van der Waals surface area contributed by atoms with Crippen molar-refractivity contribution in [3.8, 4) is 0 Å². The summed E-state index contributed by atoms with van der Waals surface area (Å²) in [6.07, 6.45) is 1.87. The zero-order chi connectivity index (χ0) is 12.3. The lowest BCUT2D eigenvalue weighted by Gasteiger charge is -2.08. The van der Waals surface area contributed by atoms with Gasteiger partial charge in [0, 0.05) is 0 Å². The zero-order valence-corrected chi connectivity index (χ0v) is 9.71. The molecule has 17 heavy (non-hydrogen) atoms. The van der Waals surface area contributed by atoms with Crippen LogP contribution in [-0.2, 0) is 27.6 Å². The van der Waals surface area contributed by atoms with Crippen LogP contribution in [0.15, 0.2) is 25.0 Å². The van der Waals surface area contributed by atoms with Crippen molar-refractivity contribution in [1.29, 1.82) is 0 Å². The number of carbonyl (C=O) groups excluding carboxylic acids is 1. The van der Waals surface area contributed by atoms with Gasteiger partial charge in [-0.1, -0.05) is 6.58 Å². The molecule has 0 amide bonds. The van der Waals surface area contributed by atoms with Crippen molar-refractivity contribution in [2.24, 2.45) is 0 Å². The number of cyclic esters (lactones) is 2. The minimum atomic E-state index is -3.46. The number of hydrogen-bond donors (Lipinski definition) is 0. The van der Waals surface area contributed by atoms with Crippen molar-refractivity contribution >= 4 is 14.0 Å². The fraction of sp³-hybridized carbons (Fsp3) is 0.444. The second kappa shape index (κ2) is 4.91. The van der Waals surface area contributed by atoms with Gasteiger partial charge in [-0.15, -0.1) is 0 Å². The number of phosphoric acid groups is 1. The van der Waals surface area contributed by atoms with Crippen molar-refractivity contribution in [3.05, 3.63) is 25.0 Å². The van der Waals surface area contributed by atoms with Crippen molar-refractivity contribution in [3.63, 3.8) is 0 Å². The summed E-state index contributed by atoms with van der Waals surface area (Å²) < 4.78 is 35.5. The van der Waals surface area contributed by atoms with Crippen LogP contribution < -0.4 is 0 Å². The Kier molecular flexibility index (Phi) is 3.51. The van der Waals surface area contributed by atoms with Gasteiger partial charge in [0.2, 0.25) is 0 Å². The Labute approximate surface area is 97.5 Å². The first kappa shape index (κ1) is 12.2. The molecule has 0 bridgehead atoms. The Morgan fingerprint density at radius 2 is 1.94 bits per heavy atom. The van der Waals surface area contributed by atoms with E-state index in [1.165, 1.54) is 12.2 Å². The minimum absolute atomic E-state index is 0.224. The van der Waals surface area contributed by atoms with E-state index in [1.807, 2.05) is 0 Å². The van der Waals surface area contributed by atoms with Gasteiger partial charge in [0.25, 0.3) is 0 Å². The molecule has 2 rings (SSSR count). The van der Waals surface area contributed by atoms with Crippen LogP contribution in [0, 0.1) is 0 Å². The average Bonchev–Trinajstić information content (AvgIpc) is 2.86. The molecule has 2 atom stereocenters. The van der Waals surface area contributed by atoms with E-state index in [-0.39, 0.29) is 13.2 Å². The molecule has 2 saturated heterocycles. The predicted molar refractivity (Wildman–Crippen MR) is 55.1 cm³/mol. The molecule has 0 radical (unpaired) electrons. The highest BCUT2D eigenvalue weighted by Crippen LogP contribution is 2.52. The monoisotopic (exact) mass is 262 g/mol. The lowest BCUT2D eigenvalue weighted by molar-refractivity contribution is 0.122. The lowest BCUT2D eigenvalue weighted by atomic mass is 10.2. The van der Waals surface area contributed by atoms with E-state index in [9.17, 15) is 9.36 Å². The molecular weight excluding hydrogens is 251 g/mol. The summed E-state index contributed by atoms with van der Waals surface area (Å²) in [5, 5.41) is 0. The smallest absolute Gasteiger partial charge is 0.422 e. The molecule has 7 nitrogen and oxygen atoms in total. The third kappa shape index (κ3) is 2.88. The first-order chi connectivity index (χ1) is 8.13. The van der Waals surface area contributed by atoms with Crippen LogP contribution in [0.2, 0.25) is 0 Å². The summed E-state index contributed by atoms with van der Waals surface area (Å²) in [6.45, 7) is 3.94. The van der Waals surface area contributed by atoms with E-state index < -0.39 is 26.2 Å². The van der Waals surface area contributed by atoms with E-state index in [0.29, 0.717) is 0 Å². The van der Waals surface area contributed by atoms with Gasteiger partial charge >= 0.3 is 14.0 Å². The van der Waals surface area contributed by atoms with Crippen molar-refractivity contribution in [2.75, 3.05) is 13.2 Å². The van der Waals surface area contributed by atoms with E-state index in [1.54, 1.807) is 0 Å². The van der Waals surface area contributed by atoms with Gasteiger partial charge in [-0.25, -0.2) is 9.36 Å². The van der Waals surface area contributed by atoms with Gasteiger partial charge in [-0.2, -0.15) is 0 Å². The third-order valence-electron chi connectivity index (χ3n) is 2.06. The van der Waals surface area contributed by atoms with Crippen LogP contribution in [0.4, 0.5) is 4.79 Å². The van der Waals surface area contributed by atoms with Gasteiger partial charge in [0.15, 0.2) is 12.2 Å². The maximum Gasteiger partial charge on any atom is 0.529 e. The van der Waals surface area contributed by atoms with E-state index in [0.717, 1.165) is 6.26 Å². The molecule has 2 unspecified atom stereocenters. The minimum Gasteiger partial charge on any atom is -0.422 e.